The lowest BCUT2D eigenvalue weighted by atomic mass is 10.1. The number of para-hydroxylation sites is 1. The zero-order valence-electron chi connectivity index (χ0n) is 16.0. The minimum absolute atomic E-state index is 0.0833. The summed E-state index contributed by atoms with van der Waals surface area (Å²) in [7, 11) is 0. The number of hydrogen-bond donors (Lipinski definition) is 1. The number of likely N-dealkylation sites (tertiary alicyclic amines) is 1. The van der Waals surface area contributed by atoms with Crippen molar-refractivity contribution in [1.29, 1.82) is 0 Å². The number of tetrazole rings is 1. The molecule has 28 heavy (non-hydrogen) atoms. The fraction of sp³-hybridized carbons (Fsp3) is 0.333. The van der Waals surface area contributed by atoms with Crippen LogP contribution in [0.25, 0.3) is 5.69 Å². The zero-order chi connectivity index (χ0) is 19.7. The van der Waals surface area contributed by atoms with Crippen LogP contribution in [0, 0.1) is 13.8 Å². The number of carbonyl (C=O) groups is 1. The van der Waals surface area contributed by atoms with Crippen molar-refractivity contribution in [3.8, 4) is 5.69 Å². The second-order valence-corrected chi connectivity index (χ2v) is 7.20. The summed E-state index contributed by atoms with van der Waals surface area (Å²) in [5.41, 5.74) is 3.65. The minimum atomic E-state index is -0.293. The number of carbonyl (C=O) groups excluding carboxylic acids is 1. The van der Waals surface area contributed by atoms with Crippen LogP contribution in [0.2, 0.25) is 0 Å². The highest BCUT2D eigenvalue weighted by Gasteiger charge is 2.40. The standard InChI is InChI=1S/C21H23N5O2/c1-14-7-6-8-15(2)19(14)26-20(22-23-24-26)18-12-11-17(13-27)25(18)21(28)16-9-4-3-5-10-16/h3-10,17-18,27H,11-13H2,1-2H3/t17-,18+/m0/s1. The first-order valence-corrected chi connectivity index (χ1v) is 9.45. The lowest BCUT2D eigenvalue weighted by Gasteiger charge is -2.29. The SMILES string of the molecule is Cc1cccc(C)c1-n1nnnc1[C@H]1CC[C@@H](CO)N1C(=O)c1ccccc1. The average Bonchev–Trinajstić information content (AvgIpc) is 3.34. The summed E-state index contributed by atoms with van der Waals surface area (Å²) >= 11 is 0. The first-order valence-electron chi connectivity index (χ1n) is 9.45. The summed E-state index contributed by atoms with van der Waals surface area (Å²) in [5, 5.41) is 22.3. The van der Waals surface area contributed by atoms with E-state index in [1.54, 1.807) is 21.7 Å². The number of nitrogens with zero attached hydrogens (tertiary/aromatic N) is 5. The summed E-state index contributed by atoms with van der Waals surface area (Å²) in [5.74, 6) is 0.510. The van der Waals surface area contributed by atoms with Crippen LogP contribution in [0.3, 0.4) is 0 Å². The predicted molar refractivity (Wildman–Crippen MR) is 104 cm³/mol. The quantitative estimate of drug-likeness (QED) is 0.756. The van der Waals surface area contributed by atoms with Crippen LogP contribution in [-0.4, -0.2) is 48.8 Å². The minimum Gasteiger partial charge on any atom is -0.394 e. The van der Waals surface area contributed by atoms with Gasteiger partial charge in [0, 0.05) is 5.56 Å². The lowest BCUT2D eigenvalue weighted by Crippen LogP contribution is -2.40. The molecule has 2 heterocycles. The molecule has 0 aliphatic carbocycles. The van der Waals surface area contributed by atoms with Gasteiger partial charge in [-0.25, -0.2) is 0 Å². The average molecular weight is 377 g/mol. The van der Waals surface area contributed by atoms with Crippen molar-refractivity contribution >= 4 is 5.91 Å². The summed E-state index contributed by atoms with van der Waals surface area (Å²) < 4.78 is 1.74. The first-order chi connectivity index (χ1) is 13.6. The number of rotatable bonds is 4. The van der Waals surface area contributed by atoms with E-state index in [1.807, 2.05) is 50.2 Å². The Labute approximate surface area is 163 Å². The maximum Gasteiger partial charge on any atom is 0.254 e. The summed E-state index contributed by atoms with van der Waals surface area (Å²) in [6, 6.07) is 14.6. The van der Waals surface area contributed by atoms with E-state index in [1.165, 1.54) is 0 Å². The van der Waals surface area contributed by atoms with Crippen LogP contribution in [0.5, 0.6) is 0 Å². The molecule has 0 unspecified atom stereocenters. The van der Waals surface area contributed by atoms with Gasteiger partial charge in [0.2, 0.25) is 0 Å². The third-order valence-corrected chi connectivity index (χ3v) is 5.41. The number of hydrogen-bond acceptors (Lipinski definition) is 5. The molecule has 1 saturated heterocycles. The van der Waals surface area contributed by atoms with E-state index in [4.69, 9.17) is 0 Å². The topological polar surface area (TPSA) is 84.1 Å². The normalized spacial score (nSPS) is 19.2. The Bertz CT molecular complexity index is 965. The van der Waals surface area contributed by atoms with Gasteiger partial charge in [0.05, 0.1) is 24.4 Å². The molecular weight excluding hydrogens is 354 g/mol. The van der Waals surface area contributed by atoms with Crippen molar-refractivity contribution in [3.05, 3.63) is 71.0 Å². The molecule has 0 radical (unpaired) electrons. The second-order valence-electron chi connectivity index (χ2n) is 7.20. The summed E-state index contributed by atoms with van der Waals surface area (Å²) in [4.78, 5) is 15.0. The molecule has 144 valence electrons. The van der Waals surface area contributed by atoms with Crippen LogP contribution in [0.1, 0.15) is 46.2 Å². The van der Waals surface area contributed by atoms with Gasteiger partial charge in [0.25, 0.3) is 5.91 Å². The molecule has 4 rings (SSSR count). The van der Waals surface area contributed by atoms with E-state index in [2.05, 4.69) is 15.5 Å². The molecule has 1 amide bonds. The number of amides is 1. The molecule has 7 heteroatoms. The van der Waals surface area contributed by atoms with Gasteiger partial charge in [0.15, 0.2) is 5.82 Å². The van der Waals surface area contributed by atoms with Crippen molar-refractivity contribution in [2.75, 3.05) is 6.61 Å². The van der Waals surface area contributed by atoms with Crippen LogP contribution in [0.4, 0.5) is 0 Å². The monoisotopic (exact) mass is 377 g/mol. The van der Waals surface area contributed by atoms with Crippen molar-refractivity contribution in [2.45, 2.75) is 38.8 Å². The van der Waals surface area contributed by atoms with E-state index in [0.29, 0.717) is 24.2 Å². The predicted octanol–water partition coefficient (Wildman–Crippen LogP) is 2.62. The molecule has 0 spiro atoms. The van der Waals surface area contributed by atoms with Crippen LogP contribution >= 0.6 is 0 Å². The maximum atomic E-state index is 13.2. The van der Waals surface area contributed by atoms with Crippen LogP contribution < -0.4 is 0 Å². The smallest absolute Gasteiger partial charge is 0.254 e. The van der Waals surface area contributed by atoms with Gasteiger partial charge >= 0.3 is 0 Å². The maximum absolute atomic E-state index is 13.2. The third-order valence-electron chi connectivity index (χ3n) is 5.41. The van der Waals surface area contributed by atoms with Gasteiger partial charge in [0.1, 0.15) is 0 Å². The van der Waals surface area contributed by atoms with Crippen molar-refractivity contribution in [1.82, 2.24) is 25.1 Å². The van der Waals surface area contributed by atoms with Crippen molar-refractivity contribution < 1.29 is 9.90 Å². The Morgan fingerprint density at radius 3 is 2.46 bits per heavy atom. The molecule has 7 nitrogen and oxygen atoms in total. The fourth-order valence-corrected chi connectivity index (χ4v) is 4.05. The summed E-state index contributed by atoms with van der Waals surface area (Å²) in [6.45, 7) is 3.96. The number of aromatic nitrogens is 4. The summed E-state index contributed by atoms with van der Waals surface area (Å²) in [6.07, 6.45) is 1.41. The Balaban J connectivity index is 1.77. The molecule has 1 aliphatic rings. The number of benzene rings is 2. The van der Waals surface area contributed by atoms with E-state index in [9.17, 15) is 9.90 Å². The highest BCUT2D eigenvalue weighted by Crippen LogP contribution is 2.37. The highest BCUT2D eigenvalue weighted by atomic mass is 16.3. The largest absolute Gasteiger partial charge is 0.394 e. The molecule has 1 fully saturated rings. The molecule has 2 aromatic carbocycles. The van der Waals surface area contributed by atoms with Gasteiger partial charge in [-0.15, -0.1) is 5.10 Å². The molecule has 3 aromatic rings. The van der Waals surface area contributed by atoms with Gasteiger partial charge in [-0.3, -0.25) is 4.79 Å². The molecule has 2 atom stereocenters. The molecule has 0 bridgehead atoms. The molecule has 1 aromatic heterocycles. The van der Waals surface area contributed by atoms with Crippen LogP contribution in [0.15, 0.2) is 48.5 Å². The molecule has 1 aliphatic heterocycles. The Morgan fingerprint density at radius 2 is 1.79 bits per heavy atom. The Hall–Kier alpha value is -3.06. The van der Waals surface area contributed by atoms with E-state index < -0.39 is 0 Å². The van der Waals surface area contributed by atoms with Crippen LogP contribution in [-0.2, 0) is 0 Å². The Morgan fingerprint density at radius 1 is 1.07 bits per heavy atom. The fourth-order valence-electron chi connectivity index (χ4n) is 4.05. The van der Waals surface area contributed by atoms with Gasteiger partial charge < -0.3 is 10.0 Å². The van der Waals surface area contributed by atoms with Crippen molar-refractivity contribution in [3.63, 3.8) is 0 Å². The highest BCUT2D eigenvalue weighted by molar-refractivity contribution is 5.94. The van der Waals surface area contributed by atoms with Crippen molar-refractivity contribution in [2.24, 2.45) is 0 Å². The lowest BCUT2D eigenvalue weighted by molar-refractivity contribution is 0.0584. The first kappa shape index (κ1) is 18.3. The van der Waals surface area contributed by atoms with E-state index >= 15 is 0 Å². The number of aliphatic hydroxyl groups excluding tert-OH is 1. The van der Waals surface area contributed by atoms with Gasteiger partial charge in [-0.05, 0) is 60.4 Å². The number of aliphatic hydroxyl groups is 1. The van der Waals surface area contributed by atoms with E-state index in [-0.39, 0.29) is 24.6 Å². The Kier molecular flexibility index (Phi) is 4.92. The van der Waals surface area contributed by atoms with Gasteiger partial charge in [-0.2, -0.15) is 4.68 Å². The molecule has 0 saturated carbocycles. The number of aryl methyl sites for hydroxylation is 2. The molecular formula is C21H23N5O2. The second kappa shape index (κ2) is 7.52. The van der Waals surface area contributed by atoms with Gasteiger partial charge in [-0.1, -0.05) is 36.4 Å². The molecule has 1 N–H and O–H groups in total. The zero-order valence-corrected chi connectivity index (χ0v) is 16.0. The van der Waals surface area contributed by atoms with E-state index in [0.717, 1.165) is 16.8 Å². The third kappa shape index (κ3) is 3.07.